The van der Waals surface area contributed by atoms with Crippen LogP contribution in [0.25, 0.3) is 0 Å². The minimum Gasteiger partial charge on any atom is -0.340 e. The van der Waals surface area contributed by atoms with Gasteiger partial charge >= 0.3 is 0 Å². The van der Waals surface area contributed by atoms with Gasteiger partial charge in [-0.15, -0.1) is 5.53 Å². The molecule has 3 atom stereocenters. The third-order valence-electron chi connectivity index (χ3n) is 9.47. The van der Waals surface area contributed by atoms with Gasteiger partial charge in [0.15, 0.2) is 0 Å². The molecule has 3 fully saturated rings. The topological polar surface area (TPSA) is 92.0 Å². The van der Waals surface area contributed by atoms with Crippen molar-refractivity contribution in [3.05, 3.63) is 77.9 Å². The SMILES string of the molecule is CN1CCC2(CC1)CCN(C(=O)[C@H](CCCN[C@@H]1C[C@H]1c1ccc(F)cc1)NC(=O)c1ccc(N3C=CNN3)cc1)C2. The first-order chi connectivity index (χ1) is 20.4. The average Bonchev–Trinajstić information content (AvgIpc) is 3.37. The highest BCUT2D eigenvalue weighted by Crippen LogP contribution is 2.41. The Kier molecular flexibility index (Phi) is 8.46. The molecule has 42 heavy (non-hydrogen) atoms. The van der Waals surface area contributed by atoms with Crippen LogP contribution in [-0.2, 0) is 4.79 Å². The zero-order valence-corrected chi connectivity index (χ0v) is 24.3. The molecule has 2 aromatic carbocycles. The molecule has 0 bridgehead atoms. The van der Waals surface area contributed by atoms with Crippen molar-refractivity contribution >= 4 is 17.5 Å². The van der Waals surface area contributed by atoms with E-state index in [0.29, 0.717) is 23.9 Å². The number of hydrogen-bond donors (Lipinski definition) is 4. The van der Waals surface area contributed by atoms with Gasteiger partial charge in [0.25, 0.3) is 5.91 Å². The van der Waals surface area contributed by atoms with Crippen LogP contribution in [0.5, 0.6) is 0 Å². The average molecular weight is 576 g/mol. The van der Waals surface area contributed by atoms with Gasteiger partial charge in [0.1, 0.15) is 11.9 Å². The number of rotatable bonds is 10. The highest BCUT2D eigenvalue weighted by molar-refractivity contribution is 5.97. The minimum atomic E-state index is -0.570. The number of benzene rings is 2. The summed E-state index contributed by atoms with van der Waals surface area (Å²) in [6, 6.07) is 13.9. The molecule has 4 aliphatic rings. The van der Waals surface area contributed by atoms with Crippen LogP contribution in [0.15, 0.2) is 60.9 Å². The molecular weight excluding hydrogens is 533 g/mol. The predicted molar refractivity (Wildman–Crippen MR) is 161 cm³/mol. The Morgan fingerprint density at radius 2 is 1.79 bits per heavy atom. The van der Waals surface area contributed by atoms with E-state index in [4.69, 9.17) is 0 Å². The van der Waals surface area contributed by atoms with Crippen molar-refractivity contribution in [3.63, 3.8) is 0 Å². The van der Waals surface area contributed by atoms with Crippen LogP contribution in [0.1, 0.15) is 60.4 Å². The van der Waals surface area contributed by atoms with Crippen LogP contribution in [0.2, 0.25) is 0 Å². The third-order valence-corrected chi connectivity index (χ3v) is 9.47. The lowest BCUT2D eigenvalue weighted by molar-refractivity contribution is -0.133. The Bertz CT molecular complexity index is 1280. The van der Waals surface area contributed by atoms with Gasteiger partial charge < -0.3 is 25.9 Å². The van der Waals surface area contributed by atoms with E-state index < -0.39 is 6.04 Å². The van der Waals surface area contributed by atoms with Crippen molar-refractivity contribution in [1.82, 2.24) is 31.4 Å². The summed E-state index contributed by atoms with van der Waals surface area (Å²) in [5.74, 6) is -0.00925. The molecular formula is C32H42FN7O2. The van der Waals surface area contributed by atoms with Crippen LogP contribution >= 0.6 is 0 Å². The molecule has 9 nitrogen and oxygen atoms in total. The molecule has 0 aromatic heterocycles. The number of hydrogen-bond acceptors (Lipinski definition) is 7. The molecule has 0 radical (unpaired) electrons. The lowest BCUT2D eigenvalue weighted by Crippen LogP contribution is -2.49. The van der Waals surface area contributed by atoms with Gasteiger partial charge in [-0.2, -0.15) is 0 Å². The van der Waals surface area contributed by atoms with Gasteiger partial charge in [-0.1, -0.05) is 12.1 Å². The van der Waals surface area contributed by atoms with Crippen LogP contribution in [0.4, 0.5) is 10.1 Å². The molecule has 224 valence electrons. The second kappa shape index (κ2) is 12.4. The molecule has 6 rings (SSSR count). The monoisotopic (exact) mass is 575 g/mol. The largest absolute Gasteiger partial charge is 0.340 e. The van der Waals surface area contributed by atoms with Gasteiger partial charge in [-0.05, 0) is 113 Å². The molecule has 10 heteroatoms. The molecule has 2 amide bonds. The Labute approximate surface area is 247 Å². The zero-order valence-electron chi connectivity index (χ0n) is 24.3. The van der Waals surface area contributed by atoms with E-state index in [1.807, 2.05) is 40.4 Å². The van der Waals surface area contributed by atoms with E-state index in [-0.39, 0.29) is 23.0 Å². The summed E-state index contributed by atoms with van der Waals surface area (Å²) >= 11 is 0. The Morgan fingerprint density at radius 1 is 1.05 bits per heavy atom. The van der Waals surface area contributed by atoms with Gasteiger partial charge in [-0.3, -0.25) is 14.6 Å². The Morgan fingerprint density at radius 3 is 2.50 bits per heavy atom. The molecule has 1 aliphatic carbocycles. The zero-order chi connectivity index (χ0) is 29.1. The standard InChI is InChI=1S/C32H42FN7O2/c1-38-17-12-32(13-18-38)14-19-39(22-32)31(42)28(3-2-15-34-29-21-27(29)23-4-8-25(33)9-5-23)36-30(41)24-6-10-26(11-7-24)40-20-16-35-37-40/h4-11,16,20,27-29,34-35,37H,2-3,12-15,17-19,21-22H2,1H3,(H,36,41)/t27-,28-,29+/m0/s1. The van der Waals surface area contributed by atoms with E-state index >= 15 is 0 Å². The lowest BCUT2D eigenvalue weighted by Gasteiger charge is -2.37. The third kappa shape index (κ3) is 6.61. The van der Waals surface area contributed by atoms with Crippen LogP contribution in [0.3, 0.4) is 0 Å². The predicted octanol–water partition coefficient (Wildman–Crippen LogP) is 3.09. The molecule has 4 N–H and O–H groups in total. The molecule has 2 aromatic rings. The van der Waals surface area contributed by atoms with Crippen molar-refractivity contribution in [3.8, 4) is 0 Å². The summed E-state index contributed by atoms with van der Waals surface area (Å²) in [6.07, 6.45) is 9.29. The van der Waals surface area contributed by atoms with Gasteiger partial charge in [-0.25, -0.2) is 4.39 Å². The smallest absolute Gasteiger partial charge is 0.251 e. The molecule has 3 heterocycles. The Balaban J connectivity index is 1.06. The maximum atomic E-state index is 13.9. The number of piperidine rings is 1. The molecule has 1 saturated carbocycles. The number of likely N-dealkylation sites (tertiary alicyclic amines) is 2. The first-order valence-electron chi connectivity index (χ1n) is 15.2. The number of nitrogens with one attached hydrogen (secondary N) is 4. The van der Waals surface area contributed by atoms with Gasteiger partial charge in [0.05, 0.1) is 5.69 Å². The number of amides is 2. The fourth-order valence-electron chi connectivity index (χ4n) is 6.62. The summed E-state index contributed by atoms with van der Waals surface area (Å²) in [4.78, 5) is 31.5. The van der Waals surface area contributed by atoms with E-state index in [1.165, 1.54) is 12.1 Å². The summed E-state index contributed by atoms with van der Waals surface area (Å²) in [6.45, 7) is 4.45. The van der Waals surface area contributed by atoms with E-state index in [2.05, 4.69) is 33.5 Å². The maximum absolute atomic E-state index is 13.9. The molecule has 3 aliphatic heterocycles. The summed E-state index contributed by atoms with van der Waals surface area (Å²) in [7, 11) is 2.16. The van der Waals surface area contributed by atoms with Crippen molar-refractivity contribution in [2.24, 2.45) is 5.41 Å². The normalized spacial score (nSPS) is 23.7. The highest BCUT2D eigenvalue weighted by Gasteiger charge is 2.43. The minimum absolute atomic E-state index is 0.0314. The summed E-state index contributed by atoms with van der Waals surface area (Å²) in [5.41, 5.74) is 8.67. The number of anilines is 1. The number of halogens is 1. The highest BCUT2D eigenvalue weighted by atomic mass is 19.1. The van der Waals surface area contributed by atoms with E-state index in [9.17, 15) is 14.0 Å². The fraction of sp³-hybridized carbons (Fsp3) is 0.500. The van der Waals surface area contributed by atoms with E-state index in [1.54, 1.807) is 18.3 Å². The molecule has 0 unspecified atom stereocenters. The fourth-order valence-corrected chi connectivity index (χ4v) is 6.62. The second-order valence-electron chi connectivity index (χ2n) is 12.4. The lowest BCUT2D eigenvalue weighted by atomic mass is 9.78. The van der Waals surface area contributed by atoms with Crippen molar-refractivity contribution in [2.75, 3.05) is 44.8 Å². The van der Waals surface area contributed by atoms with Gasteiger partial charge in [0.2, 0.25) is 5.91 Å². The first kappa shape index (κ1) is 28.6. The van der Waals surface area contributed by atoms with Crippen molar-refractivity contribution in [2.45, 2.75) is 56.5 Å². The summed E-state index contributed by atoms with van der Waals surface area (Å²) < 4.78 is 13.3. The molecule has 1 spiro atoms. The number of nitrogens with zero attached hydrogens (tertiary/aromatic N) is 3. The quantitative estimate of drug-likeness (QED) is 0.324. The van der Waals surface area contributed by atoms with Crippen LogP contribution in [-0.4, -0.2) is 73.5 Å². The summed E-state index contributed by atoms with van der Waals surface area (Å²) in [5, 5.41) is 8.49. The van der Waals surface area contributed by atoms with Crippen LogP contribution < -0.4 is 26.6 Å². The van der Waals surface area contributed by atoms with E-state index in [0.717, 1.165) is 76.1 Å². The van der Waals surface area contributed by atoms with Gasteiger partial charge in [0, 0.05) is 43.0 Å². The van der Waals surface area contributed by atoms with Crippen molar-refractivity contribution in [1.29, 1.82) is 0 Å². The molecule has 2 saturated heterocycles. The number of hydrazine groups is 2. The number of carbonyl (C=O) groups excluding carboxylic acids is 2. The number of carbonyl (C=O) groups is 2. The van der Waals surface area contributed by atoms with Crippen LogP contribution in [0, 0.1) is 11.2 Å². The Hall–Kier alpha value is -3.47. The first-order valence-corrected chi connectivity index (χ1v) is 15.2. The van der Waals surface area contributed by atoms with Crippen molar-refractivity contribution < 1.29 is 14.0 Å². The second-order valence-corrected chi connectivity index (χ2v) is 12.4. The maximum Gasteiger partial charge on any atom is 0.251 e.